The third-order valence-electron chi connectivity index (χ3n) is 4.11. The topological polar surface area (TPSA) is 26.0 Å². The SMILES string of the molecule is NC=CC[P+](c1ccccc1)(c1ccccc1)c1ccccc1. The number of benzene rings is 3. The first kappa shape index (κ1) is 15.5. The molecule has 23 heavy (non-hydrogen) atoms. The van der Waals surface area contributed by atoms with Crippen molar-refractivity contribution >= 4 is 23.2 Å². The molecule has 0 aliphatic carbocycles. The van der Waals surface area contributed by atoms with Crippen molar-refractivity contribution in [1.29, 1.82) is 0 Å². The van der Waals surface area contributed by atoms with E-state index in [1.807, 2.05) is 0 Å². The highest BCUT2D eigenvalue weighted by atomic mass is 31.2. The van der Waals surface area contributed by atoms with E-state index in [0.29, 0.717) is 0 Å². The van der Waals surface area contributed by atoms with Crippen LogP contribution in [0.5, 0.6) is 0 Å². The van der Waals surface area contributed by atoms with Crippen LogP contribution in [-0.2, 0) is 0 Å². The normalized spacial score (nSPS) is 11.7. The summed E-state index contributed by atoms with van der Waals surface area (Å²) >= 11 is 0. The van der Waals surface area contributed by atoms with Crippen LogP contribution in [0.3, 0.4) is 0 Å². The zero-order valence-electron chi connectivity index (χ0n) is 13.0. The smallest absolute Gasteiger partial charge is 0.116 e. The van der Waals surface area contributed by atoms with E-state index in [1.54, 1.807) is 6.20 Å². The molecule has 0 aliphatic heterocycles. The molecular weight excluding hydrogens is 297 g/mol. The Kier molecular flexibility index (Phi) is 4.90. The van der Waals surface area contributed by atoms with Crippen LogP contribution in [-0.4, -0.2) is 6.16 Å². The summed E-state index contributed by atoms with van der Waals surface area (Å²) in [7, 11) is -1.74. The summed E-state index contributed by atoms with van der Waals surface area (Å²) in [6, 6.07) is 32.5. The first-order valence-corrected chi connectivity index (χ1v) is 9.77. The minimum Gasteiger partial charge on any atom is -0.405 e. The third kappa shape index (κ3) is 3.06. The molecule has 0 amide bonds. The van der Waals surface area contributed by atoms with Gasteiger partial charge in [-0.2, -0.15) is 0 Å². The number of hydrogen-bond donors (Lipinski definition) is 1. The molecule has 3 aromatic carbocycles. The van der Waals surface area contributed by atoms with Crippen LogP contribution in [0.1, 0.15) is 0 Å². The first-order chi connectivity index (χ1) is 11.4. The molecule has 0 aromatic heterocycles. The molecule has 0 heterocycles. The molecule has 3 aromatic rings. The molecule has 1 nitrogen and oxygen atoms in total. The van der Waals surface area contributed by atoms with Crippen molar-refractivity contribution in [2.24, 2.45) is 5.73 Å². The van der Waals surface area contributed by atoms with E-state index in [2.05, 4.69) is 97.1 Å². The Morgan fingerprint density at radius 1 is 0.609 bits per heavy atom. The van der Waals surface area contributed by atoms with Crippen LogP contribution in [0.2, 0.25) is 0 Å². The second-order valence-corrected chi connectivity index (χ2v) is 8.96. The van der Waals surface area contributed by atoms with Gasteiger partial charge < -0.3 is 5.73 Å². The van der Waals surface area contributed by atoms with Gasteiger partial charge in [-0.05, 0) is 48.7 Å². The standard InChI is InChI=1S/C21H21NP/c22-17-10-18-23(19-11-4-1-5-12-19,20-13-6-2-7-14-20)21-15-8-3-9-16-21/h1-17H,18,22H2/q+1. The van der Waals surface area contributed by atoms with Gasteiger partial charge in [0.25, 0.3) is 0 Å². The van der Waals surface area contributed by atoms with Crippen molar-refractivity contribution in [1.82, 2.24) is 0 Å². The van der Waals surface area contributed by atoms with Gasteiger partial charge in [-0.1, -0.05) is 54.6 Å². The summed E-state index contributed by atoms with van der Waals surface area (Å²) < 4.78 is 0. The highest BCUT2D eigenvalue weighted by molar-refractivity contribution is 7.95. The number of allylic oxidation sites excluding steroid dienone is 1. The molecule has 0 saturated carbocycles. The van der Waals surface area contributed by atoms with Crippen molar-refractivity contribution < 1.29 is 0 Å². The van der Waals surface area contributed by atoms with Crippen LogP contribution in [0.15, 0.2) is 103 Å². The van der Waals surface area contributed by atoms with Crippen molar-refractivity contribution in [3.05, 3.63) is 103 Å². The van der Waals surface area contributed by atoms with Gasteiger partial charge in [0.15, 0.2) is 0 Å². The van der Waals surface area contributed by atoms with Crippen LogP contribution < -0.4 is 21.6 Å². The van der Waals surface area contributed by atoms with Gasteiger partial charge in [0.1, 0.15) is 23.2 Å². The predicted octanol–water partition coefficient (Wildman–Crippen LogP) is 3.45. The largest absolute Gasteiger partial charge is 0.405 e. The van der Waals surface area contributed by atoms with Gasteiger partial charge in [0.2, 0.25) is 0 Å². The Morgan fingerprint density at radius 2 is 0.957 bits per heavy atom. The molecule has 0 fully saturated rings. The van der Waals surface area contributed by atoms with Crippen LogP contribution in [0, 0.1) is 0 Å². The molecule has 114 valence electrons. The summed E-state index contributed by atoms with van der Waals surface area (Å²) in [5.41, 5.74) is 5.71. The molecule has 0 bridgehead atoms. The fourth-order valence-corrected chi connectivity index (χ4v) is 7.04. The maximum Gasteiger partial charge on any atom is 0.116 e. The second kappa shape index (κ2) is 7.26. The first-order valence-electron chi connectivity index (χ1n) is 7.79. The Balaban J connectivity index is 2.30. The molecular formula is C21H21NP+. The average molecular weight is 318 g/mol. The van der Waals surface area contributed by atoms with Gasteiger partial charge in [-0.3, -0.25) is 0 Å². The highest BCUT2D eigenvalue weighted by Crippen LogP contribution is 2.55. The zero-order valence-corrected chi connectivity index (χ0v) is 13.9. The molecule has 0 aliphatic rings. The van der Waals surface area contributed by atoms with E-state index in [9.17, 15) is 0 Å². The third-order valence-corrected chi connectivity index (χ3v) is 8.40. The molecule has 3 rings (SSSR count). The minimum absolute atomic E-state index is 0.932. The van der Waals surface area contributed by atoms with E-state index in [1.165, 1.54) is 15.9 Å². The maximum atomic E-state index is 5.71. The average Bonchev–Trinajstić information content (AvgIpc) is 2.65. The van der Waals surface area contributed by atoms with Crippen LogP contribution >= 0.6 is 7.26 Å². The summed E-state index contributed by atoms with van der Waals surface area (Å²) in [6.07, 6.45) is 4.70. The second-order valence-electron chi connectivity index (χ2n) is 5.43. The predicted molar refractivity (Wildman–Crippen MR) is 103 cm³/mol. The van der Waals surface area contributed by atoms with E-state index >= 15 is 0 Å². The quantitative estimate of drug-likeness (QED) is 0.717. The van der Waals surface area contributed by atoms with Crippen molar-refractivity contribution in [3.8, 4) is 0 Å². The molecule has 0 unspecified atom stereocenters. The fourth-order valence-electron chi connectivity index (χ4n) is 3.03. The van der Waals surface area contributed by atoms with Gasteiger partial charge in [0, 0.05) is 0 Å². The fraction of sp³-hybridized carbons (Fsp3) is 0.0476. The van der Waals surface area contributed by atoms with E-state index in [4.69, 9.17) is 5.73 Å². The van der Waals surface area contributed by atoms with Gasteiger partial charge in [-0.15, -0.1) is 0 Å². The van der Waals surface area contributed by atoms with Crippen molar-refractivity contribution in [3.63, 3.8) is 0 Å². The van der Waals surface area contributed by atoms with Crippen molar-refractivity contribution in [2.45, 2.75) is 0 Å². The lowest BCUT2D eigenvalue weighted by molar-refractivity contribution is 1.54. The van der Waals surface area contributed by atoms with Gasteiger partial charge in [0.05, 0.1) is 6.16 Å². The summed E-state index contributed by atoms with van der Waals surface area (Å²) in [4.78, 5) is 0. The molecule has 0 radical (unpaired) electrons. The lowest BCUT2D eigenvalue weighted by atomic mass is 10.4. The Labute approximate surface area is 138 Å². The molecule has 2 N–H and O–H groups in total. The van der Waals surface area contributed by atoms with E-state index in [0.717, 1.165) is 6.16 Å². The Bertz CT molecular complexity index is 655. The van der Waals surface area contributed by atoms with Gasteiger partial charge in [-0.25, -0.2) is 0 Å². The summed E-state index contributed by atoms with van der Waals surface area (Å²) in [6.45, 7) is 0. The van der Waals surface area contributed by atoms with Crippen LogP contribution in [0.25, 0.3) is 0 Å². The van der Waals surface area contributed by atoms with Gasteiger partial charge >= 0.3 is 0 Å². The molecule has 0 atom stereocenters. The number of nitrogens with two attached hydrogens (primary N) is 1. The van der Waals surface area contributed by atoms with Crippen molar-refractivity contribution in [2.75, 3.05) is 6.16 Å². The van der Waals surface area contributed by atoms with E-state index in [-0.39, 0.29) is 0 Å². The lowest BCUT2D eigenvalue weighted by Crippen LogP contribution is -2.32. The van der Waals surface area contributed by atoms with E-state index < -0.39 is 7.26 Å². The Hall–Kier alpha value is -2.37. The molecule has 0 spiro atoms. The number of hydrogen-bond acceptors (Lipinski definition) is 1. The lowest BCUT2D eigenvalue weighted by Gasteiger charge is -2.26. The number of rotatable bonds is 5. The summed E-state index contributed by atoms with van der Waals surface area (Å²) in [5, 5.41) is 4.15. The zero-order chi connectivity index (χ0) is 16.0. The molecule has 2 heteroatoms. The van der Waals surface area contributed by atoms with Crippen LogP contribution in [0.4, 0.5) is 0 Å². The Morgan fingerprint density at radius 3 is 1.26 bits per heavy atom. The minimum atomic E-state index is -1.74. The summed E-state index contributed by atoms with van der Waals surface area (Å²) in [5.74, 6) is 0. The highest BCUT2D eigenvalue weighted by Gasteiger charge is 2.43. The monoisotopic (exact) mass is 318 g/mol. The maximum absolute atomic E-state index is 5.71. The molecule has 0 saturated heterocycles.